The molecule has 2 rings (SSSR count). The Morgan fingerprint density at radius 2 is 1.86 bits per heavy atom. The topological polar surface area (TPSA) is 102 Å². The van der Waals surface area contributed by atoms with Gasteiger partial charge in [0, 0.05) is 30.8 Å². The number of halogens is 2. The number of hydrazine groups is 1. The molecule has 0 aromatic heterocycles. The number of nitrogens with two attached hydrogens (primary N) is 2. The molecule has 1 aromatic rings. The van der Waals surface area contributed by atoms with Gasteiger partial charge in [-0.25, -0.2) is 19.4 Å². The highest BCUT2D eigenvalue weighted by atomic mass is 19.2. The fourth-order valence-electron chi connectivity index (χ4n) is 3.30. The molecule has 158 valence electrons. The van der Waals surface area contributed by atoms with Crippen molar-refractivity contribution in [3.63, 3.8) is 0 Å². The van der Waals surface area contributed by atoms with Crippen molar-refractivity contribution in [2.45, 2.75) is 33.8 Å². The summed E-state index contributed by atoms with van der Waals surface area (Å²) in [5.74, 6) is 2.40. The normalized spacial score (nSPS) is 16.4. The zero-order valence-electron chi connectivity index (χ0n) is 17.1. The van der Waals surface area contributed by atoms with E-state index in [1.165, 1.54) is 22.2 Å². The third kappa shape index (κ3) is 4.73. The Kier molecular flexibility index (Phi) is 6.32. The predicted octanol–water partition coefficient (Wildman–Crippen LogP) is 2.26. The molecule has 0 fully saturated rings. The summed E-state index contributed by atoms with van der Waals surface area (Å²) in [6.07, 6.45) is 0.851. The third-order valence-electron chi connectivity index (χ3n) is 4.38. The van der Waals surface area contributed by atoms with Crippen molar-refractivity contribution in [3.8, 4) is 0 Å². The van der Waals surface area contributed by atoms with Crippen LogP contribution in [-0.4, -0.2) is 41.5 Å². The first-order valence-corrected chi connectivity index (χ1v) is 9.03. The lowest BCUT2D eigenvalue weighted by atomic mass is 9.86. The number of carbonyl (C=O) groups excluding carboxylic acids is 2. The molecular formula is C20H26F2N4O3. The molecule has 0 saturated heterocycles. The highest BCUT2D eigenvalue weighted by Gasteiger charge is 2.37. The Bertz CT molecular complexity index is 892. The predicted molar refractivity (Wildman–Crippen MR) is 104 cm³/mol. The molecule has 29 heavy (non-hydrogen) atoms. The Morgan fingerprint density at radius 1 is 1.24 bits per heavy atom. The van der Waals surface area contributed by atoms with Crippen LogP contribution in [0.15, 0.2) is 41.4 Å². The lowest BCUT2D eigenvalue weighted by Crippen LogP contribution is -2.42. The van der Waals surface area contributed by atoms with Crippen molar-refractivity contribution in [1.82, 2.24) is 9.91 Å². The number of amides is 1. The average molecular weight is 408 g/mol. The molecule has 0 saturated carbocycles. The van der Waals surface area contributed by atoms with Crippen molar-refractivity contribution in [2.75, 3.05) is 13.6 Å². The van der Waals surface area contributed by atoms with Gasteiger partial charge in [0.15, 0.2) is 11.6 Å². The maximum atomic E-state index is 13.6. The molecule has 1 aliphatic heterocycles. The van der Waals surface area contributed by atoms with Gasteiger partial charge in [-0.3, -0.25) is 4.79 Å². The van der Waals surface area contributed by atoms with E-state index in [2.05, 4.69) is 0 Å². The lowest BCUT2D eigenvalue weighted by Gasteiger charge is -2.35. The Labute approximate surface area is 168 Å². The summed E-state index contributed by atoms with van der Waals surface area (Å²) in [7, 11) is 1.57. The molecule has 0 aliphatic carbocycles. The second-order valence-electron chi connectivity index (χ2n) is 7.82. The minimum absolute atomic E-state index is 0.0486. The lowest BCUT2D eigenvalue weighted by molar-refractivity contribution is -0.142. The van der Waals surface area contributed by atoms with Gasteiger partial charge in [-0.15, -0.1) is 0 Å². The second-order valence-corrected chi connectivity index (χ2v) is 7.82. The fraction of sp³-hybridized carbons (Fsp3) is 0.400. The van der Waals surface area contributed by atoms with E-state index in [4.69, 9.17) is 16.3 Å². The van der Waals surface area contributed by atoms with Gasteiger partial charge in [0.1, 0.15) is 5.57 Å². The summed E-state index contributed by atoms with van der Waals surface area (Å²) in [5, 5.41) is 1.29. The molecule has 1 amide bonds. The number of carbonyl (C=O) groups is 2. The molecule has 7 nitrogen and oxygen atoms in total. The molecular weight excluding hydrogens is 382 g/mol. The number of ether oxygens (including phenoxy) is 1. The highest BCUT2D eigenvalue weighted by Crippen LogP contribution is 2.35. The Hall–Kier alpha value is -2.94. The van der Waals surface area contributed by atoms with Gasteiger partial charge < -0.3 is 20.4 Å². The molecule has 0 unspecified atom stereocenters. The van der Waals surface area contributed by atoms with Gasteiger partial charge in [0.2, 0.25) is 0 Å². The zero-order valence-corrected chi connectivity index (χ0v) is 17.1. The number of benzene rings is 1. The SMILES string of the molecule is CC(C)OC(=O)C1=CN(C(=O)c2ccc(F)c(F)c2)CC(C)(C)C(N(C)N)=C1N. The van der Waals surface area contributed by atoms with E-state index in [0.29, 0.717) is 5.70 Å². The maximum Gasteiger partial charge on any atom is 0.342 e. The molecule has 9 heteroatoms. The van der Waals surface area contributed by atoms with Crippen molar-refractivity contribution in [1.29, 1.82) is 0 Å². The van der Waals surface area contributed by atoms with Gasteiger partial charge in [-0.2, -0.15) is 0 Å². The first kappa shape index (κ1) is 22.4. The number of hydrogen-bond acceptors (Lipinski definition) is 6. The van der Waals surface area contributed by atoms with Gasteiger partial charge in [-0.1, -0.05) is 13.8 Å². The van der Waals surface area contributed by atoms with Crippen LogP contribution in [0, 0.1) is 17.0 Å². The van der Waals surface area contributed by atoms with Crippen LogP contribution in [0.1, 0.15) is 38.1 Å². The van der Waals surface area contributed by atoms with E-state index >= 15 is 0 Å². The molecule has 1 aromatic carbocycles. The smallest absolute Gasteiger partial charge is 0.342 e. The van der Waals surface area contributed by atoms with Crippen LogP contribution < -0.4 is 11.6 Å². The van der Waals surface area contributed by atoms with Crippen LogP contribution >= 0.6 is 0 Å². The Morgan fingerprint density at radius 3 is 2.38 bits per heavy atom. The number of nitrogens with zero attached hydrogens (tertiary/aromatic N) is 2. The summed E-state index contributed by atoms with van der Waals surface area (Å²) < 4.78 is 32.1. The molecule has 0 spiro atoms. The molecule has 1 heterocycles. The van der Waals surface area contributed by atoms with Gasteiger partial charge >= 0.3 is 5.97 Å². The van der Waals surface area contributed by atoms with E-state index < -0.39 is 35.0 Å². The third-order valence-corrected chi connectivity index (χ3v) is 4.38. The minimum Gasteiger partial charge on any atom is -0.459 e. The number of rotatable bonds is 4. The average Bonchev–Trinajstić information content (AvgIpc) is 2.68. The van der Waals surface area contributed by atoms with Crippen molar-refractivity contribution >= 4 is 11.9 Å². The standard InChI is InChI=1S/C20H26F2N4O3/c1-11(2)29-19(28)13-9-26(10-20(3,4)17(16(13)23)25(5)24)18(27)12-6-7-14(21)15(22)8-12/h6-9,11H,10,23-24H2,1-5H3. The fourth-order valence-corrected chi connectivity index (χ4v) is 3.30. The van der Waals surface area contributed by atoms with E-state index in [0.717, 1.165) is 12.1 Å². The molecule has 1 aliphatic rings. The van der Waals surface area contributed by atoms with E-state index in [1.54, 1.807) is 34.7 Å². The summed E-state index contributed by atoms with van der Waals surface area (Å²) in [5.41, 5.74) is 5.89. The van der Waals surface area contributed by atoms with Crippen molar-refractivity contribution in [2.24, 2.45) is 17.0 Å². The second kappa shape index (κ2) is 8.20. The van der Waals surface area contributed by atoms with Crippen LogP contribution in [0.3, 0.4) is 0 Å². The maximum absolute atomic E-state index is 13.6. The largest absolute Gasteiger partial charge is 0.459 e. The summed E-state index contributed by atoms with van der Waals surface area (Å²) in [6, 6.07) is 2.85. The van der Waals surface area contributed by atoms with E-state index in [-0.39, 0.29) is 23.4 Å². The van der Waals surface area contributed by atoms with Gasteiger partial charge in [-0.05, 0) is 32.0 Å². The van der Waals surface area contributed by atoms with Gasteiger partial charge in [0.05, 0.1) is 17.5 Å². The van der Waals surface area contributed by atoms with Crippen LogP contribution in [0.2, 0.25) is 0 Å². The molecule has 0 atom stereocenters. The minimum atomic E-state index is -1.15. The molecule has 4 N–H and O–H groups in total. The van der Waals surface area contributed by atoms with Crippen LogP contribution in [0.4, 0.5) is 8.78 Å². The van der Waals surface area contributed by atoms with Gasteiger partial charge in [0.25, 0.3) is 5.91 Å². The summed E-state index contributed by atoms with van der Waals surface area (Å²) >= 11 is 0. The Balaban J connectivity index is 2.59. The number of esters is 1. The van der Waals surface area contributed by atoms with Crippen LogP contribution in [0.25, 0.3) is 0 Å². The monoisotopic (exact) mass is 408 g/mol. The molecule has 0 bridgehead atoms. The van der Waals surface area contributed by atoms with E-state index in [1.807, 2.05) is 0 Å². The van der Waals surface area contributed by atoms with Crippen molar-refractivity contribution in [3.05, 3.63) is 58.6 Å². The first-order valence-electron chi connectivity index (χ1n) is 9.03. The van der Waals surface area contributed by atoms with Crippen molar-refractivity contribution < 1.29 is 23.1 Å². The molecule has 0 radical (unpaired) electrons. The quantitative estimate of drug-likeness (QED) is 0.450. The van der Waals surface area contributed by atoms with E-state index in [9.17, 15) is 18.4 Å². The van der Waals surface area contributed by atoms with Crippen LogP contribution in [-0.2, 0) is 9.53 Å². The number of hydrogen-bond donors (Lipinski definition) is 2. The zero-order chi connectivity index (χ0) is 22.1. The summed E-state index contributed by atoms with van der Waals surface area (Å²) in [4.78, 5) is 26.9. The summed E-state index contributed by atoms with van der Waals surface area (Å²) in [6.45, 7) is 7.04. The first-order chi connectivity index (χ1) is 13.3. The van der Waals surface area contributed by atoms with Crippen LogP contribution in [0.5, 0.6) is 0 Å². The highest BCUT2D eigenvalue weighted by molar-refractivity contribution is 5.98.